The second-order valence-corrected chi connectivity index (χ2v) is 7.45. The van der Waals surface area contributed by atoms with Crippen molar-refractivity contribution in [2.75, 3.05) is 11.9 Å². The van der Waals surface area contributed by atoms with Crippen molar-refractivity contribution in [1.82, 2.24) is 19.6 Å². The highest BCUT2D eigenvalue weighted by Crippen LogP contribution is 2.33. The van der Waals surface area contributed by atoms with Crippen molar-refractivity contribution in [2.45, 2.75) is 18.9 Å². The summed E-state index contributed by atoms with van der Waals surface area (Å²) in [6.45, 7) is 1.59. The molecule has 0 aliphatic carbocycles. The summed E-state index contributed by atoms with van der Waals surface area (Å²) in [5.41, 5.74) is 1.05. The van der Waals surface area contributed by atoms with E-state index in [1.807, 2.05) is 36.2 Å². The molecule has 0 aliphatic heterocycles. The molecule has 0 amide bonds. The molecule has 0 aliphatic rings. The molecule has 0 bridgehead atoms. The van der Waals surface area contributed by atoms with Gasteiger partial charge in [0.15, 0.2) is 0 Å². The predicted octanol–water partition coefficient (Wildman–Crippen LogP) is 3.76. The van der Waals surface area contributed by atoms with Crippen molar-refractivity contribution >= 4 is 39.8 Å². The summed E-state index contributed by atoms with van der Waals surface area (Å²) in [5, 5.41) is 18.7. The molecule has 0 radical (unpaired) electrons. The average molecular weight is 410 g/mol. The largest absolute Gasteiger partial charge is 0.378 e. The first-order chi connectivity index (χ1) is 13.8. The Labute approximate surface area is 171 Å². The van der Waals surface area contributed by atoms with Crippen LogP contribution in [0.2, 0.25) is 5.02 Å². The summed E-state index contributed by atoms with van der Waals surface area (Å²) in [4.78, 5) is 6.37. The van der Waals surface area contributed by atoms with Gasteiger partial charge in [0, 0.05) is 24.5 Å². The van der Waals surface area contributed by atoms with E-state index < -0.39 is 11.4 Å². The Kier molecular flexibility index (Phi) is 4.61. The fraction of sp³-hybridized carbons (Fsp3) is 0.190. The summed E-state index contributed by atoms with van der Waals surface area (Å²) < 4.78 is 15.9. The highest BCUT2D eigenvalue weighted by molar-refractivity contribution is 6.31. The Morgan fingerprint density at radius 1 is 1.34 bits per heavy atom. The maximum absolute atomic E-state index is 14.2. The summed E-state index contributed by atoms with van der Waals surface area (Å²) in [5.74, 6) is 2.71. The SMILES string of the molecule is C#CC(C)(O)Cc1cccc(N(C)c2nc3nncn3c3cc(Cl)c(F)cc23)c1. The minimum atomic E-state index is -1.25. The number of benzene rings is 2. The molecule has 1 atom stereocenters. The van der Waals surface area contributed by atoms with Crippen LogP contribution in [0.3, 0.4) is 0 Å². The standard InChI is InChI=1S/C21H17ClFN5O/c1-4-21(2,29)11-13-6-5-7-14(8-13)27(3)19-15-9-17(23)16(22)10-18(15)28-12-24-26-20(28)25-19/h1,5-10,12,29H,11H2,2-3H3. The van der Waals surface area contributed by atoms with E-state index in [0.717, 1.165) is 11.3 Å². The van der Waals surface area contributed by atoms with Gasteiger partial charge in [-0.05, 0) is 36.8 Å². The van der Waals surface area contributed by atoms with Gasteiger partial charge in [0.1, 0.15) is 23.6 Å². The summed E-state index contributed by atoms with van der Waals surface area (Å²) in [7, 11) is 1.82. The van der Waals surface area contributed by atoms with Crippen LogP contribution in [0.4, 0.5) is 15.9 Å². The Balaban J connectivity index is 1.86. The van der Waals surface area contributed by atoms with Gasteiger partial charge in [-0.15, -0.1) is 16.6 Å². The van der Waals surface area contributed by atoms with Crippen LogP contribution in [0, 0.1) is 18.2 Å². The lowest BCUT2D eigenvalue weighted by Crippen LogP contribution is -2.24. The lowest BCUT2D eigenvalue weighted by Gasteiger charge is -2.22. The number of hydrogen-bond donors (Lipinski definition) is 1. The van der Waals surface area contributed by atoms with E-state index in [4.69, 9.17) is 18.0 Å². The fourth-order valence-corrected chi connectivity index (χ4v) is 3.40. The zero-order valence-electron chi connectivity index (χ0n) is 15.8. The van der Waals surface area contributed by atoms with Crippen molar-refractivity contribution < 1.29 is 9.50 Å². The third-order valence-corrected chi connectivity index (χ3v) is 5.04. The van der Waals surface area contributed by atoms with Crippen LogP contribution in [0.5, 0.6) is 0 Å². The Morgan fingerprint density at radius 2 is 2.14 bits per heavy atom. The molecule has 6 nitrogen and oxygen atoms in total. The molecule has 0 fully saturated rings. The van der Waals surface area contributed by atoms with Crippen molar-refractivity contribution in [3.8, 4) is 12.3 Å². The van der Waals surface area contributed by atoms with Gasteiger partial charge in [-0.2, -0.15) is 4.98 Å². The van der Waals surface area contributed by atoms with Crippen LogP contribution in [0.25, 0.3) is 16.7 Å². The van der Waals surface area contributed by atoms with Crippen LogP contribution in [0.15, 0.2) is 42.7 Å². The predicted molar refractivity (Wildman–Crippen MR) is 111 cm³/mol. The number of nitrogens with zero attached hydrogens (tertiary/aromatic N) is 5. The molecule has 1 N–H and O–H groups in total. The number of hydrogen-bond acceptors (Lipinski definition) is 5. The molecule has 2 aromatic carbocycles. The minimum Gasteiger partial charge on any atom is -0.378 e. The topological polar surface area (TPSA) is 66.5 Å². The summed E-state index contributed by atoms with van der Waals surface area (Å²) in [6.07, 6.45) is 7.20. The molecule has 146 valence electrons. The zero-order chi connectivity index (χ0) is 20.8. The first-order valence-corrected chi connectivity index (χ1v) is 9.18. The molecule has 0 spiro atoms. The lowest BCUT2D eigenvalue weighted by molar-refractivity contribution is 0.123. The van der Waals surface area contributed by atoms with E-state index in [-0.39, 0.29) is 5.02 Å². The average Bonchev–Trinajstić information content (AvgIpc) is 3.16. The van der Waals surface area contributed by atoms with Gasteiger partial charge < -0.3 is 10.0 Å². The van der Waals surface area contributed by atoms with Crippen molar-refractivity contribution in [3.63, 3.8) is 0 Å². The first kappa shape index (κ1) is 19.1. The molecule has 2 heterocycles. The van der Waals surface area contributed by atoms with Crippen LogP contribution >= 0.6 is 11.6 Å². The number of anilines is 2. The second kappa shape index (κ2) is 6.99. The molecule has 8 heteroatoms. The number of rotatable bonds is 4. The quantitative estimate of drug-likeness (QED) is 0.520. The van der Waals surface area contributed by atoms with E-state index in [0.29, 0.717) is 28.9 Å². The number of terminal acetylenes is 1. The van der Waals surface area contributed by atoms with Crippen molar-refractivity contribution in [3.05, 3.63) is 59.1 Å². The number of aromatic nitrogens is 4. The summed E-state index contributed by atoms with van der Waals surface area (Å²) in [6, 6.07) is 10.4. The second-order valence-electron chi connectivity index (χ2n) is 7.04. The monoisotopic (exact) mass is 409 g/mol. The molecular weight excluding hydrogens is 393 g/mol. The van der Waals surface area contributed by atoms with E-state index >= 15 is 0 Å². The van der Waals surface area contributed by atoms with Gasteiger partial charge >= 0.3 is 0 Å². The van der Waals surface area contributed by atoms with Gasteiger partial charge in [-0.25, -0.2) is 4.39 Å². The third-order valence-electron chi connectivity index (χ3n) is 4.75. The zero-order valence-corrected chi connectivity index (χ0v) is 16.5. The molecule has 0 saturated heterocycles. The molecular formula is C21H17ClFN5O. The Morgan fingerprint density at radius 3 is 2.90 bits per heavy atom. The van der Waals surface area contributed by atoms with E-state index in [1.54, 1.807) is 11.3 Å². The van der Waals surface area contributed by atoms with Crippen LogP contribution in [-0.4, -0.2) is 37.3 Å². The van der Waals surface area contributed by atoms with Crippen molar-refractivity contribution in [1.29, 1.82) is 0 Å². The van der Waals surface area contributed by atoms with E-state index in [1.165, 1.54) is 18.5 Å². The number of fused-ring (bicyclic) bond motifs is 3. The van der Waals surface area contributed by atoms with Gasteiger partial charge in [0.05, 0.1) is 10.5 Å². The molecule has 4 aromatic rings. The molecule has 2 aromatic heterocycles. The van der Waals surface area contributed by atoms with Gasteiger partial charge in [-0.3, -0.25) is 4.40 Å². The molecule has 0 saturated carbocycles. The molecule has 1 unspecified atom stereocenters. The normalized spacial score (nSPS) is 13.4. The number of halogens is 2. The lowest BCUT2D eigenvalue weighted by atomic mass is 9.97. The van der Waals surface area contributed by atoms with E-state index in [9.17, 15) is 9.50 Å². The van der Waals surface area contributed by atoms with Gasteiger partial charge in [-0.1, -0.05) is 29.7 Å². The Hall–Kier alpha value is -3.21. The van der Waals surface area contributed by atoms with Crippen LogP contribution < -0.4 is 4.90 Å². The highest BCUT2D eigenvalue weighted by Gasteiger charge is 2.19. The van der Waals surface area contributed by atoms with Gasteiger partial charge in [0.25, 0.3) is 5.78 Å². The molecule has 4 rings (SSSR count). The highest BCUT2D eigenvalue weighted by atomic mass is 35.5. The number of aliphatic hydroxyl groups is 1. The maximum atomic E-state index is 14.2. The van der Waals surface area contributed by atoms with Gasteiger partial charge in [0.2, 0.25) is 0 Å². The summed E-state index contributed by atoms with van der Waals surface area (Å²) >= 11 is 6.00. The van der Waals surface area contributed by atoms with E-state index in [2.05, 4.69) is 21.1 Å². The fourth-order valence-electron chi connectivity index (χ4n) is 3.25. The molecule has 29 heavy (non-hydrogen) atoms. The first-order valence-electron chi connectivity index (χ1n) is 8.80. The third kappa shape index (κ3) is 3.48. The van der Waals surface area contributed by atoms with Crippen LogP contribution in [-0.2, 0) is 6.42 Å². The van der Waals surface area contributed by atoms with Crippen LogP contribution in [0.1, 0.15) is 12.5 Å². The van der Waals surface area contributed by atoms with Crippen molar-refractivity contribution in [2.24, 2.45) is 0 Å². The Bertz CT molecular complexity index is 1280. The minimum absolute atomic E-state index is 0.00539. The smallest absolute Gasteiger partial charge is 0.257 e. The maximum Gasteiger partial charge on any atom is 0.257 e.